The molecule has 0 radical (unpaired) electrons. The molecule has 1 atom stereocenters. The summed E-state index contributed by atoms with van der Waals surface area (Å²) in [6.45, 7) is 11.4. The predicted molar refractivity (Wildman–Crippen MR) is 77.5 cm³/mol. The van der Waals surface area contributed by atoms with Crippen LogP contribution in [0.3, 0.4) is 0 Å². The monoisotopic (exact) mass is 249 g/mol. The van der Waals surface area contributed by atoms with Crippen LogP contribution in [0, 0.1) is 5.92 Å². The molecule has 0 heterocycles. The van der Waals surface area contributed by atoms with Gasteiger partial charge >= 0.3 is 0 Å². The van der Waals surface area contributed by atoms with Crippen molar-refractivity contribution in [3.8, 4) is 0 Å². The zero-order valence-electron chi connectivity index (χ0n) is 12.2. The van der Waals surface area contributed by atoms with Crippen molar-refractivity contribution in [1.29, 1.82) is 0 Å². The number of nitrogens with one attached hydrogen (secondary N) is 1. The van der Waals surface area contributed by atoms with Crippen LogP contribution in [-0.2, 0) is 17.9 Å². The third kappa shape index (κ3) is 5.19. The molecule has 0 spiro atoms. The van der Waals surface area contributed by atoms with Crippen LogP contribution in [0.5, 0.6) is 0 Å². The SMILES string of the molecule is CCCNCc1ccccc1COC(C)C(C)C. The van der Waals surface area contributed by atoms with Crippen molar-refractivity contribution in [2.75, 3.05) is 6.54 Å². The Labute approximate surface area is 112 Å². The van der Waals surface area contributed by atoms with Crippen LogP contribution in [0.25, 0.3) is 0 Å². The molecule has 0 aromatic heterocycles. The molecule has 0 saturated heterocycles. The second kappa shape index (κ2) is 8.28. The highest BCUT2D eigenvalue weighted by Crippen LogP contribution is 2.13. The molecule has 18 heavy (non-hydrogen) atoms. The summed E-state index contributed by atoms with van der Waals surface area (Å²) in [6.07, 6.45) is 1.48. The van der Waals surface area contributed by atoms with Gasteiger partial charge in [-0.3, -0.25) is 0 Å². The number of ether oxygens (including phenoxy) is 1. The molecular formula is C16H27NO. The summed E-state index contributed by atoms with van der Waals surface area (Å²) in [4.78, 5) is 0. The Kier molecular flexibility index (Phi) is 6.99. The van der Waals surface area contributed by atoms with Crippen molar-refractivity contribution in [3.05, 3.63) is 35.4 Å². The first-order valence-electron chi connectivity index (χ1n) is 7.04. The van der Waals surface area contributed by atoms with Gasteiger partial charge < -0.3 is 10.1 Å². The molecule has 0 bridgehead atoms. The van der Waals surface area contributed by atoms with Crippen LogP contribution in [0.1, 0.15) is 45.2 Å². The van der Waals surface area contributed by atoms with Crippen LogP contribution in [0.4, 0.5) is 0 Å². The lowest BCUT2D eigenvalue weighted by atomic mass is 10.1. The van der Waals surface area contributed by atoms with E-state index >= 15 is 0 Å². The van der Waals surface area contributed by atoms with Gasteiger partial charge in [-0.2, -0.15) is 0 Å². The average Bonchev–Trinajstić information content (AvgIpc) is 2.37. The van der Waals surface area contributed by atoms with Gasteiger partial charge in [0.15, 0.2) is 0 Å². The van der Waals surface area contributed by atoms with Crippen molar-refractivity contribution >= 4 is 0 Å². The minimum atomic E-state index is 0.307. The molecule has 1 unspecified atom stereocenters. The zero-order chi connectivity index (χ0) is 13.4. The highest BCUT2D eigenvalue weighted by Gasteiger charge is 2.08. The molecule has 1 rings (SSSR count). The normalized spacial score (nSPS) is 12.9. The quantitative estimate of drug-likeness (QED) is 0.709. The Hall–Kier alpha value is -0.860. The Bertz CT molecular complexity index is 336. The summed E-state index contributed by atoms with van der Waals surface area (Å²) in [5.74, 6) is 0.565. The molecule has 0 aliphatic rings. The lowest BCUT2D eigenvalue weighted by Crippen LogP contribution is -2.18. The van der Waals surface area contributed by atoms with E-state index < -0.39 is 0 Å². The second-order valence-electron chi connectivity index (χ2n) is 5.21. The topological polar surface area (TPSA) is 21.3 Å². The van der Waals surface area contributed by atoms with Crippen LogP contribution < -0.4 is 5.32 Å². The molecular weight excluding hydrogens is 222 g/mol. The Morgan fingerprint density at radius 2 is 1.78 bits per heavy atom. The Morgan fingerprint density at radius 3 is 2.39 bits per heavy atom. The van der Waals surface area contributed by atoms with Gasteiger partial charge in [0.25, 0.3) is 0 Å². The van der Waals surface area contributed by atoms with Gasteiger partial charge in [0.1, 0.15) is 0 Å². The van der Waals surface area contributed by atoms with Crippen molar-refractivity contribution in [1.82, 2.24) is 5.32 Å². The van der Waals surface area contributed by atoms with Gasteiger partial charge in [0.05, 0.1) is 12.7 Å². The van der Waals surface area contributed by atoms with Gasteiger partial charge in [-0.25, -0.2) is 0 Å². The van der Waals surface area contributed by atoms with E-state index in [0.717, 1.165) is 13.1 Å². The van der Waals surface area contributed by atoms with E-state index in [-0.39, 0.29) is 0 Å². The minimum Gasteiger partial charge on any atom is -0.374 e. The molecule has 0 amide bonds. The first-order chi connectivity index (χ1) is 8.65. The summed E-state index contributed by atoms with van der Waals surface area (Å²) in [6, 6.07) is 8.53. The Balaban J connectivity index is 2.53. The van der Waals surface area contributed by atoms with Crippen LogP contribution >= 0.6 is 0 Å². The van der Waals surface area contributed by atoms with E-state index in [0.29, 0.717) is 18.6 Å². The van der Waals surface area contributed by atoms with Crippen molar-refractivity contribution < 1.29 is 4.74 Å². The molecule has 0 aliphatic carbocycles. The number of hydrogen-bond acceptors (Lipinski definition) is 2. The first kappa shape index (κ1) is 15.2. The molecule has 1 aromatic carbocycles. The van der Waals surface area contributed by atoms with Gasteiger partial charge in [-0.15, -0.1) is 0 Å². The largest absolute Gasteiger partial charge is 0.374 e. The maximum Gasteiger partial charge on any atom is 0.0723 e. The minimum absolute atomic E-state index is 0.307. The highest BCUT2D eigenvalue weighted by molar-refractivity contribution is 5.26. The van der Waals surface area contributed by atoms with Gasteiger partial charge in [-0.05, 0) is 36.9 Å². The number of hydrogen-bond donors (Lipinski definition) is 1. The van der Waals surface area contributed by atoms with E-state index in [1.165, 1.54) is 17.5 Å². The smallest absolute Gasteiger partial charge is 0.0723 e. The fourth-order valence-electron chi connectivity index (χ4n) is 1.68. The summed E-state index contributed by atoms with van der Waals surface area (Å²) in [7, 11) is 0. The summed E-state index contributed by atoms with van der Waals surface area (Å²) >= 11 is 0. The maximum absolute atomic E-state index is 5.91. The summed E-state index contributed by atoms with van der Waals surface area (Å²) in [5, 5.41) is 3.45. The second-order valence-corrected chi connectivity index (χ2v) is 5.21. The lowest BCUT2D eigenvalue weighted by Gasteiger charge is -2.18. The molecule has 0 aliphatic heterocycles. The van der Waals surface area contributed by atoms with E-state index in [9.17, 15) is 0 Å². The third-order valence-corrected chi connectivity index (χ3v) is 3.30. The molecule has 0 saturated carbocycles. The average molecular weight is 249 g/mol. The van der Waals surface area contributed by atoms with Gasteiger partial charge in [-0.1, -0.05) is 45.0 Å². The van der Waals surface area contributed by atoms with Gasteiger partial charge in [0.2, 0.25) is 0 Å². The molecule has 2 nitrogen and oxygen atoms in total. The molecule has 2 heteroatoms. The van der Waals surface area contributed by atoms with E-state index in [2.05, 4.69) is 57.3 Å². The number of benzene rings is 1. The van der Waals surface area contributed by atoms with Crippen molar-refractivity contribution in [2.45, 2.75) is 53.4 Å². The Morgan fingerprint density at radius 1 is 1.11 bits per heavy atom. The van der Waals surface area contributed by atoms with E-state index in [4.69, 9.17) is 4.74 Å². The molecule has 1 aromatic rings. The van der Waals surface area contributed by atoms with Crippen LogP contribution in [0.15, 0.2) is 24.3 Å². The van der Waals surface area contributed by atoms with Crippen molar-refractivity contribution in [3.63, 3.8) is 0 Å². The van der Waals surface area contributed by atoms with Crippen LogP contribution in [0.2, 0.25) is 0 Å². The zero-order valence-corrected chi connectivity index (χ0v) is 12.2. The van der Waals surface area contributed by atoms with Gasteiger partial charge in [0, 0.05) is 6.54 Å². The standard InChI is InChI=1S/C16H27NO/c1-5-10-17-11-15-8-6-7-9-16(15)12-18-14(4)13(2)3/h6-9,13-14,17H,5,10-12H2,1-4H3. The predicted octanol–water partition coefficient (Wildman–Crippen LogP) is 3.75. The van der Waals surface area contributed by atoms with E-state index in [1.807, 2.05) is 0 Å². The molecule has 0 fully saturated rings. The molecule has 1 N–H and O–H groups in total. The fourth-order valence-corrected chi connectivity index (χ4v) is 1.68. The molecule has 102 valence electrons. The maximum atomic E-state index is 5.91. The summed E-state index contributed by atoms with van der Waals surface area (Å²) < 4.78 is 5.91. The third-order valence-electron chi connectivity index (χ3n) is 3.30. The highest BCUT2D eigenvalue weighted by atomic mass is 16.5. The fraction of sp³-hybridized carbons (Fsp3) is 0.625. The van der Waals surface area contributed by atoms with Crippen molar-refractivity contribution in [2.24, 2.45) is 5.92 Å². The number of rotatable bonds is 8. The summed E-state index contributed by atoms with van der Waals surface area (Å²) in [5.41, 5.74) is 2.65. The van der Waals surface area contributed by atoms with E-state index in [1.54, 1.807) is 0 Å². The first-order valence-corrected chi connectivity index (χ1v) is 7.04. The lowest BCUT2D eigenvalue weighted by molar-refractivity contribution is 0.0231. The van der Waals surface area contributed by atoms with Crippen LogP contribution in [-0.4, -0.2) is 12.6 Å².